The zero-order valence-electron chi connectivity index (χ0n) is 14.7. The summed E-state index contributed by atoms with van der Waals surface area (Å²) in [4.78, 5) is 34.2. The van der Waals surface area contributed by atoms with Gasteiger partial charge in [-0.05, 0) is 36.2 Å². The number of fused-ring (bicyclic) bond motifs is 1. The van der Waals surface area contributed by atoms with Crippen LogP contribution in [0.15, 0.2) is 61.2 Å². The maximum absolute atomic E-state index is 12.9. The predicted octanol–water partition coefficient (Wildman–Crippen LogP) is 3.49. The highest BCUT2D eigenvalue weighted by molar-refractivity contribution is 6.11. The van der Waals surface area contributed by atoms with Crippen LogP contribution in [0.2, 0.25) is 0 Å². The number of amides is 1. The van der Waals surface area contributed by atoms with Gasteiger partial charge in [0.15, 0.2) is 0 Å². The third-order valence-corrected chi connectivity index (χ3v) is 4.87. The number of anilines is 1. The lowest BCUT2D eigenvalue weighted by atomic mass is 9.95. The summed E-state index contributed by atoms with van der Waals surface area (Å²) in [5.74, 6) is -1.63. The van der Waals surface area contributed by atoms with Gasteiger partial charge >= 0.3 is 5.97 Å². The topological polar surface area (TPSA) is 83.4 Å². The Bertz CT molecular complexity index is 1030. The molecule has 1 unspecified atom stereocenters. The lowest BCUT2D eigenvalue weighted by Gasteiger charge is -2.21. The van der Waals surface area contributed by atoms with Crippen molar-refractivity contribution in [3.05, 3.63) is 77.9 Å². The van der Waals surface area contributed by atoms with Crippen molar-refractivity contribution in [3.63, 3.8) is 0 Å². The Labute approximate surface area is 156 Å². The molecule has 2 aromatic carbocycles. The molecule has 0 bridgehead atoms. The Morgan fingerprint density at radius 1 is 1.11 bits per heavy atom. The minimum atomic E-state index is -0.900. The summed E-state index contributed by atoms with van der Waals surface area (Å²) in [7, 11) is 0. The van der Waals surface area contributed by atoms with Crippen molar-refractivity contribution in [2.75, 3.05) is 4.90 Å². The number of carboxylic acid groups (broad SMARTS) is 1. The number of carbonyl (C=O) groups excluding carboxylic acids is 1. The molecule has 1 amide bonds. The Morgan fingerprint density at radius 3 is 2.56 bits per heavy atom. The van der Waals surface area contributed by atoms with Crippen LogP contribution < -0.4 is 4.90 Å². The molecule has 0 saturated carbocycles. The van der Waals surface area contributed by atoms with Gasteiger partial charge < -0.3 is 10.0 Å². The molecule has 0 radical (unpaired) electrons. The lowest BCUT2D eigenvalue weighted by Crippen LogP contribution is -2.24. The molecule has 1 aliphatic heterocycles. The molecule has 2 heterocycles. The molecule has 1 atom stereocenters. The average Bonchev–Trinajstić information content (AvgIpc) is 3.04. The summed E-state index contributed by atoms with van der Waals surface area (Å²) in [6, 6.07) is 12.9. The molecule has 0 saturated heterocycles. The summed E-state index contributed by atoms with van der Waals surface area (Å²) in [5, 5.41) is 9.35. The molecule has 4 rings (SSSR count). The second-order valence-electron chi connectivity index (χ2n) is 6.51. The SMILES string of the molecule is CC(C(=O)O)c1ccc(N2Cc3ccccc3C2=O)c(-c2cncnc2)c1. The van der Waals surface area contributed by atoms with E-state index in [0.717, 1.165) is 16.7 Å². The normalized spacial score (nSPS) is 14.1. The van der Waals surface area contributed by atoms with Crippen LogP contribution in [0.25, 0.3) is 11.1 Å². The van der Waals surface area contributed by atoms with E-state index in [1.807, 2.05) is 30.3 Å². The highest BCUT2D eigenvalue weighted by atomic mass is 16.4. The molecule has 1 aromatic heterocycles. The summed E-state index contributed by atoms with van der Waals surface area (Å²) in [6.07, 6.45) is 4.76. The zero-order chi connectivity index (χ0) is 19.0. The van der Waals surface area contributed by atoms with E-state index in [2.05, 4.69) is 9.97 Å². The molecule has 1 N–H and O–H groups in total. The van der Waals surface area contributed by atoms with E-state index in [0.29, 0.717) is 23.4 Å². The average molecular weight is 359 g/mol. The van der Waals surface area contributed by atoms with Crippen LogP contribution in [-0.4, -0.2) is 27.0 Å². The summed E-state index contributed by atoms with van der Waals surface area (Å²) in [6.45, 7) is 2.11. The largest absolute Gasteiger partial charge is 0.481 e. The molecule has 0 fully saturated rings. The van der Waals surface area contributed by atoms with Crippen molar-refractivity contribution in [1.82, 2.24) is 9.97 Å². The summed E-state index contributed by atoms with van der Waals surface area (Å²) >= 11 is 0. The minimum Gasteiger partial charge on any atom is -0.481 e. The number of aliphatic carboxylic acids is 1. The molecule has 1 aliphatic rings. The fraction of sp³-hybridized carbons (Fsp3) is 0.143. The Morgan fingerprint density at radius 2 is 1.85 bits per heavy atom. The third-order valence-electron chi connectivity index (χ3n) is 4.87. The molecular weight excluding hydrogens is 342 g/mol. The maximum atomic E-state index is 12.9. The van der Waals surface area contributed by atoms with Gasteiger partial charge in [0, 0.05) is 29.1 Å². The first-order chi connectivity index (χ1) is 13.1. The monoisotopic (exact) mass is 359 g/mol. The van der Waals surface area contributed by atoms with Crippen LogP contribution in [0.1, 0.15) is 34.3 Å². The standard InChI is InChI=1S/C21H17N3O3/c1-13(21(26)27)14-6-7-19(18(8-14)16-9-22-12-23-10-16)24-11-15-4-2-3-5-17(15)20(24)25/h2-10,12-13H,11H2,1H3,(H,26,27). The molecule has 3 aromatic rings. The maximum Gasteiger partial charge on any atom is 0.310 e. The smallest absolute Gasteiger partial charge is 0.310 e. The van der Waals surface area contributed by atoms with E-state index in [1.165, 1.54) is 6.33 Å². The van der Waals surface area contributed by atoms with Gasteiger partial charge in [-0.25, -0.2) is 9.97 Å². The fourth-order valence-electron chi connectivity index (χ4n) is 3.32. The Kier molecular flexibility index (Phi) is 4.16. The van der Waals surface area contributed by atoms with Gasteiger partial charge in [0.2, 0.25) is 0 Å². The van der Waals surface area contributed by atoms with Gasteiger partial charge in [0.1, 0.15) is 6.33 Å². The molecule has 0 spiro atoms. The van der Waals surface area contributed by atoms with Gasteiger partial charge in [0.05, 0.1) is 18.2 Å². The molecule has 0 aliphatic carbocycles. The first kappa shape index (κ1) is 16.9. The third kappa shape index (κ3) is 2.95. The van der Waals surface area contributed by atoms with Gasteiger partial charge in [0.25, 0.3) is 5.91 Å². The minimum absolute atomic E-state index is 0.0669. The Balaban J connectivity index is 1.84. The van der Waals surface area contributed by atoms with Crippen LogP contribution in [0.5, 0.6) is 0 Å². The van der Waals surface area contributed by atoms with Gasteiger partial charge in [-0.1, -0.05) is 24.3 Å². The van der Waals surface area contributed by atoms with Crippen molar-refractivity contribution in [3.8, 4) is 11.1 Å². The van der Waals surface area contributed by atoms with Gasteiger partial charge in [-0.15, -0.1) is 0 Å². The van der Waals surface area contributed by atoms with Crippen LogP contribution in [0, 0.1) is 0 Å². The van der Waals surface area contributed by atoms with Crippen molar-refractivity contribution >= 4 is 17.6 Å². The molecule has 27 heavy (non-hydrogen) atoms. The highest BCUT2D eigenvalue weighted by Crippen LogP contribution is 2.37. The second kappa shape index (κ2) is 6.64. The number of benzene rings is 2. The number of aromatic nitrogens is 2. The number of hydrogen-bond acceptors (Lipinski definition) is 4. The van der Waals surface area contributed by atoms with Crippen LogP contribution in [-0.2, 0) is 11.3 Å². The zero-order valence-corrected chi connectivity index (χ0v) is 14.7. The van der Waals surface area contributed by atoms with E-state index >= 15 is 0 Å². The number of carbonyl (C=O) groups is 2. The summed E-state index contributed by atoms with van der Waals surface area (Å²) in [5.41, 5.74) is 4.51. The number of rotatable bonds is 4. The highest BCUT2D eigenvalue weighted by Gasteiger charge is 2.30. The van der Waals surface area contributed by atoms with E-state index < -0.39 is 11.9 Å². The van der Waals surface area contributed by atoms with E-state index in [9.17, 15) is 14.7 Å². The fourth-order valence-corrected chi connectivity index (χ4v) is 3.32. The number of carboxylic acids is 1. The molecule has 134 valence electrons. The van der Waals surface area contributed by atoms with Crippen LogP contribution >= 0.6 is 0 Å². The van der Waals surface area contributed by atoms with Gasteiger partial charge in [-0.3, -0.25) is 9.59 Å². The molecular formula is C21H17N3O3. The van der Waals surface area contributed by atoms with Crippen LogP contribution in [0.4, 0.5) is 5.69 Å². The van der Waals surface area contributed by atoms with E-state index in [-0.39, 0.29) is 5.91 Å². The first-order valence-corrected chi connectivity index (χ1v) is 8.58. The van der Waals surface area contributed by atoms with Crippen LogP contribution in [0.3, 0.4) is 0 Å². The lowest BCUT2D eigenvalue weighted by molar-refractivity contribution is -0.138. The Hall–Kier alpha value is -3.54. The van der Waals surface area contributed by atoms with Crippen molar-refractivity contribution in [2.24, 2.45) is 0 Å². The van der Waals surface area contributed by atoms with Crippen molar-refractivity contribution in [2.45, 2.75) is 19.4 Å². The quantitative estimate of drug-likeness (QED) is 0.771. The first-order valence-electron chi connectivity index (χ1n) is 8.58. The molecule has 6 heteroatoms. The molecule has 6 nitrogen and oxygen atoms in total. The predicted molar refractivity (Wildman–Crippen MR) is 100 cm³/mol. The van der Waals surface area contributed by atoms with E-state index in [1.54, 1.807) is 36.4 Å². The number of nitrogens with zero attached hydrogens (tertiary/aromatic N) is 3. The summed E-state index contributed by atoms with van der Waals surface area (Å²) < 4.78 is 0. The number of hydrogen-bond donors (Lipinski definition) is 1. The van der Waals surface area contributed by atoms with Gasteiger partial charge in [-0.2, -0.15) is 0 Å². The van der Waals surface area contributed by atoms with Crippen molar-refractivity contribution in [1.29, 1.82) is 0 Å². The van der Waals surface area contributed by atoms with Crippen molar-refractivity contribution < 1.29 is 14.7 Å². The second-order valence-corrected chi connectivity index (χ2v) is 6.51. The van der Waals surface area contributed by atoms with E-state index in [4.69, 9.17) is 0 Å².